The molecule has 0 aliphatic heterocycles. The molecule has 0 saturated carbocycles. The lowest BCUT2D eigenvalue weighted by Gasteiger charge is -1.13. The zero-order chi connectivity index (χ0) is 2.71. The summed E-state index contributed by atoms with van der Waals surface area (Å²) in [5.74, 6) is 0. The molecule has 2 unspecified atom stereocenters. The Labute approximate surface area is 36.1 Å². The number of hydrogen-bond donors (Lipinski definition) is 0. The molecule has 0 aromatic heterocycles. The van der Waals surface area contributed by atoms with E-state index in [2.05, 4.69) is 13.5 Å². The Hall–Kier alpha value is 0.820. The number of rotatable bonds is 0. The van der Waals surface area contributed by atoms with Crippen LogP contribution >= 0.6 is 18.4 Å². The fourth-order valence-electron chi connectivity index (χ4n) is 0. The van der Waals surface area contributed by atoms with Crippen molar-refractivity contribution < 1.29 is 12.4 Å². The minimum Gasteiger partial charge on any atom is -1.00 e. The van der Waals surface area contributed by atoms with Crippen molar-refractivity contribution in [3.8, 4) is 0 Å². The van der Waals surface area contributed by atoms with Gasteiger partial charge in [0.1, 0.15) is 9.39 Å². The standard InChI is InChI=1S/ClH.H3NP2/c;2-1-3/h1H;2H,3H2/p+1. The summed E-state index contributed by atoms with van der Waals surface area (Å²) in [5, 5.41) is 0. The molecule has 0 saturated heterocycles. The number of nitrogens with zero attached hydrogens (tertiary/aromatic N) is 1. The van der Waals surface area contributed by atoms with Crippen molar-refractivity contribution in [2.45, 2.75) is 0 Å². The molecule has 2 atom stereocenters. The minimum absolute atomic E-state index is 0. The minimum atomic E-state index is 0. The Morgan fingerprint density at radius 2 is 1.75 bits per heavy atom. The number of hydrogen-bond acceptors (Lipinski definition) is 1. The largest absolute Gasteiger partial charge is 1.00 e. The van der Waals surface area contributed by atoms with Gasteiger partial charge in [-0.2, -0.15) is 0 Å². The van der Waals surface area contributed by atoms with Crippen molar-refractivity contribution >= 4 is 18.4 Å². The van der Waals surface area contributed by atoms with Crippen LogP contribution in [0.2, 0.25) is 0 Å². The predicted octanol–water partition coefficient (Wildman–Crippen LogP) is -2.43. The quantitative estimate of drug-likeness (QED) is 0.312. The maximum absolute atomic E-state index is 3.44. The van der Waals surface area contributed by atoms with Crippen LogP contribution in [0, 0.1) is 0 Å². The van der Waals surface area contributed by atoms with E-state index in [-0.39, 0.29) is 12.4 Å². The lowest BCUT2D eigenvalue weighted by atomic mass is 13.9. The van der Waals surface area contributed by atoms with Gasteiger partial charge >= 0.3 is 0 Å². The van der Waals surface area contributed by atoms with E-state index in [1.54, 1.807) is 9.39 Å². The topological polar surface area (TPSA) is 12.4 Å². The Bertz CT molecular complexity index is 13.5. The average molecular weight is 116 g/mol. The van der Waals surface area contributed by atoms with E-state index >= 15 is 0 Å². The highest BCUT2D eigenvalue weighted by Gasteiger charge is 1.32. The van der Waals surface area contributed by atoms with Crippen LogP contribution in [0.1, 0.15) is 0 Å². The normalized spacial score (nSPS) is 4.00. The van der Waals surface area contributed by atoms with Crippen molar-refractivity contribution in [2.24, 2.45) is 4.52 Å². The third-order valence-electron chi connectivity index (χ3n) is 0. The first-order valence-corrected chi connectivity index (χ1v) is 1.72. The van der Waals surface area contributed by atoms with Gasteiger partial charge < -0.3 is 12.4 Å². The zero-order valence-corrected chi connectivity index (χ0v) is 5.43. The SMILES string of the molecule is [Cl-].[PH2+]=N[PH3+]. The van der Waals surface area contributed by atoms with E-state index in [0.29, 0.717) is 0 Å². The first kappa shape index (κ1) is 8.84. The summed E-state index contributed by atoms with van der Waals surface area (Å²) in [5.41, 5.74) is 0. The first-order chi connectivity index (χ1) is 1.41. The van der Waals surface area contributed by atoms with Crippen LogP contribution in [0.5, 0.6) is 0 Å². The first-order valence-electron chi connectivity index (χ1n) is 0.574. The van der Waals surface area contributed by atoms with Gasteiger partial charge in [0.2, 0.25) is 9.03 Å². The summed E-state index contributed by atoms with van der Waals surface area (Å²) in [6.45, 7) is 0. The molecule has 0 aromatic rings. The van der Waals surface area contributed by atoms with Crippen LogP contribution < -0.4 is 12.4 Å². The van der Waals surface area contributed by atoms with E-state index in [1.165, 1.54) is 0 Å². The van der Waals surface area contributed by atoms with Crippen LogP contribution in [-0.4, -0.2) is 0 Å². The molecule has 0 fully saturated rings. The maximum atomic E-state index is 3.44. The molecule has 0 bridgehead atoms. The molecule has 0 aliphatic carbocycles. The summed E-state index contributed by atoms with van der Waals surface area (Å²) in [6, 6.07) is 0. The molecule has 0 rings (SSSR count). The van der Waals surface area contributed by atoms with E-state index < -0.39 is 0 Å². The van der Waals surface area contributed by atoms with Gasteiger partial charge in [0, 0.05) is 4.52 Å². The fraction of sp³-hybridized carbons (Fsp3) is 0. The van der Waals surface area contributed by atoms with Crippen molar-refractivity contribution in [2.75, 3.05) is 0 Å². The van der Waals surface area contributed by atoms with Gasteiger partial charge in [-0.3, -0.25) is 0 Å². The third kappa shape index (κ3) is 13.9. The zero-order valence-electron chi connectivity index (χ0n) is 2.11. The molecule has 26 valence electrons. The van der Waals surface area contributed by atoms with Crippen LogP contribution in [0.3, 0.4) is 0 Å². The Kier molecular flexibility index (Phi) is 20.3. The molecular formula is H5ClNP2+. The highest BCUT2D eigenvalue weighted by molar-refractivity contribution is 7.23. The smallest absolute Gasteiger partial charge is 0.216 e. The van der Waals surface area contributed by atoms with Crippen LogP contribution in [0.25, 0.3) is 0 Å². The fourth-order valence-corrected chi connectivity index (χ4v) is 0. The second-order valence-corrected chi connectivity index (χ2v) is 1.64. The molecule has 0 N–H and O–H groups in total. The highest BCUT2D eigenvalue weighted by atomic mass is 35.5. The van der Waals surface area contributed by atoms with E-state index in [9.17, 15) is 0 Å². The van der Waals surface area contributed by atoms with Crippen LogP contribution in [0.15, 0.2) is 4.52 Å². The van der Waals surface area contributed by atoms with E-state index in [1.807, 2.05) is 0 Å². The molecule has 0 amide bonds. The lowest BCUT2D eigenvalue weighted by molar-refractivity contribution is -0.000000546. The van der Waals surface area contributed by atoms with Gasteiger partial charge in [0.15, 0.2) is 0 Å². The summed E-state index contributed by atoms with van der Waals surface area (Å²) < 4.78 is 3.44. The summed E-state index contributed by atoms with van der Waals surface area (Å²) in [4.78, 5) is 0. The van der Waals surface area contributed by atoms with Crippen molar-refractivity contribution in [1.82, 2.24) is 0 Å². The molecule has 0 radical (unpaired) electrons. The molecule has 0 aliphatic rings. The molecular weight excluding hydrogens is 111 g/mol. The molecule has 1 nitrogen and oxygen atoms in total. The average Bonchev–Trinajstić information content (AvgIpc) is 0.918. The summed E-state index contributed by atoms with van der Waals surface area (Å²) in [7, 11) is 3.78. The van der Waals surface area contributed by atoms with E-state index in [0.717, 1.165) is 0 Å². The van der Waals surface area contributed by atoms with Gasteiger partial charge in [-0.15, -0.1) is 0 Å². The van der Waals surface area contributed by atoms with E-state index in [4.69, 9.17) is 0 Å². The monoisotopic (exact) mass is 116 g/mol. The predicted molar refractivity (Wildman–Crippen MR) is 23.2 cm³/mol. The maximum Gasteiger partial charge on any atom is 0.216 e. The van der Waals surface area contributed by atoms with Crippen molar-refractivity contribution in [3.05, 3.63) is 0 Å². The van der Waals surface area contributed by atoms with Crippen molar-refractivity contribution in [3.63, 3.8) is 0 Å². The van der Waals surface area contributed by atoms with Crippen molar-refractivity contribution in [1.29, 1.82) is 0 Å². The van der Waals surface area contributed by atoms with Gasteiger partial charge in [-0.1, -0.05) is 0 Å². The number of halogens is 1. The Balaban J connectivity index is 0. The van der Waals surface area contributed by atoms with Crippen LogP contribution in [0.4, 0.5) is 0 Å². The van der Waals surface area contributed by atoms with Gasteiger partial charge in [-0.25, -0.2) is 0 Å². The third-order valence-corrected chi connectivity index (χ3v) is 0. The Morgan fingerprint density at radius 3 is 1.75 bits per heavy atom. The highest BCUT2D eigenvalue weighted by Crippen LogP contribution is 1.79. The summed E-state index contributed by atoms with van der Waals surface area (Å²) in [6.07, 6.45) is 0. The molecule has 0 aromatic carbocycles. The van der Waals surface area contributed by atoms with Gasteiger partial charge in [-0.05, 0) is 0 Å². The van der Waals surface area contributed by atoms with Gasteiger partial charge in [0.05, 0.1) is 0 Å². The Morgan fingerprint density at radius 1 is 1.75 bits per heavy atom. The lowest BCUT2D eigenvalue weighted by Crippen LogP contribution is -3.00. The molecule has 4 heteroatoms. The molecule has 0 spiro atoms. The molecule has 0 heterocycles. The summed E-state index contributed by atoms with van der Waals surface area (Å²) >= 11 is 0. The van der Waals surface area contributed by atoms with Crippen LogP contribution in [-0.2, 0) is 0 Å². The second-order valence-electron chi connectivity index (χ2n) is 0.183. The second kappa shape index (κ2) is 9.17. The molecule has 4 heavy (non-hydrogen) atoms. The van der Waals surface area contributed by atoms with Gasteiger partial charge in [0.25, 0.3) is 0 Å².